The highest BCUT2D eigenvalue weighted by molar-refractivity contribution is 14.1. The molecule has 1 saturated heterocycles. The predicted molar refractivity (Wildman–Crippen MR) is 86.1 cm³/mol. The van der Waals surface area contributed by atoms with Crippen molar-refractivity contribution in [3.8, 4) is 0 Å². The van der Waals surface area contributed by atoms with E-state index >= 15 is 0 Å². The van der Waals surface area contributed by atoms with Crippen LogP contribution < -0.4 is 5.56 Å². The van der Waals surface area contributed by atoms with Crippen molar-refractivity contribution in [1.82, 2.24) is 9.55 Å². The molecule has 1 aliphatic rings. The number of nitrogens with zero attached hydrogens (tertiary/aromatic N) is 1. The molecule has 2 unspecified atom stereocenters. The Bertz CT molecular complexity index is 604. The number of methoxy groups -OCH3 is 2. The van der Waals surface area contributed by atoms with Crippen LogP contribution in [0, 0.1) is 11.7 Å². The zero-order chi connectivity index (χ0) is 15.6. The van der Waals surface area contributed by atoms with Crippen molar-refractivity contribution in [2.45, 2.75) is 31.5 Å². The van der Waals surface area contributed by atoms with Gasteiger partial charge in [0, 0.05) is 26.0 Å². The number of aromatic amines is 1. The van der Waals surface area contributed by atoms with Gasteiger partial charge in [0.25, 0.3) is 5.56 Å². The van der Waals surface area contributed by atoms with E-state index in [4.69, 9.17) is 29.5 Å². The molecule has 0 saturated carbocycles. The minimum atomic E-state index is -0.487. The van der Waals surface area contributed by atoms with Gasteiger partial charge in [-0.3, -0.25) is 14.3 Å². The second-order valence-electron chi connectivity index (χ2n) is 4.72. The molecule has 0 aromatic carbocycles. The van der Waals surface area contributed by atoms with Crippen molar-refractivity contribution in [2.75, 3.05) is 20.8 Å². The maximum absolute atomic E-state index is 11.6. The summed E-state index contributed by atoms with van der Waals surface area (Å²) < 4.78 is 24.0. The predicted octanol–water partition coefficient (Wildman–Crippen LogP) is 1.51. The van der Waals surface area contributed by atoms with Crippen LogP contribution in [0.3, 0.4) is 0 Å². The standard InChI is InChI=1S/C12H17IN2O5S/c1-6-4-15(12(21)14-10(6)16)11-9(18-3)8(17-2)7(20-11)5-19-13/h4,7-9,11H,5H2,1-3H3,(H,14,16,21)/t7-,8?,9?,11-/m1/s1. The molecule has 0 aliphatic carbocycles. The van der Waals surface area contributed by atoms with Gasteiger partial charge in [0.2, 0.25) is 0 Å². The van der Waals surface area contributed by atoms with Crippen molar-refractivity contribution in [3.63, 3.8) is 0 Å². The Balaban J connectivity index is 2.41. The van der Waals surface area contributed by atoms with Gasteiger partial charge in [-0.1, -0.05) is 0 Å². The smallest absolute Gasteiger partial charge is 0.254 e. The van der Waals surface area contributed by atoms with E-state index in [-0.39, 0.29) is 28.6 Å². The third-order valence-electron chi connectivity index (χ3n) is 3.48. The van der Waals surface area contributed by atoms with Gasteiger partial charge in [-0.15, -0.1) is 0 Å². The minimum absolute atomic E-state index is 0.210. The average molecular weight is 428 g/mol. The topological polar surface area (TPSA) is 74.7 Å². The molecule has 118 valence electrons. The molecule has 1 aromatic rings. The Hall–Kier alpha value is -0.330. The van der Waals surface area contributed by atoms with Gasteiger partial charge < -0.3 is 17.3 Å². The summed E-state index contributed by atoms with van der Waals surface area (Å²) in [7, 11) is 3.18. The molecular formula is C12H17IN2O5S. The van der Waals surface area contributed by atoms with Gasteiger partial charge >= 0.3 is 0 Å². The van der Waals surface area contributed by atoms with Crippen LogP contribution in [0.4, 0.5) is 0 Å². The van der Waals surface area contributed by atoms with E-state index in [2.05, 4.69) is 4.98 Å². The Labute approximate surface area is 141 Å². The van der Waals surface area contributed by atoms with Gasteiger partial charge in [0.1, 0.15) is 41.3 Å². The third-order valence-corrected chi connectivity index (χ3v) is 4.15. The molecule has 0 amide bonds. The SMILES string of the molecule is COC1C(OC)[C@@H](COI)O[C@H]1n1cc(C)c(=O)[nH]c1=S. The average Bonchev–Trinajstić information content (AvgIpc) is 2.80. The van der Waals surface area contributed by atoms with Gasteiger partial charge in [0.05, 0.1) is 6.61 Å². The molecule has 1 N–H and O–H groups in total. The molecule has 1 aromatic heterocycles. The lowest BCUT2D eigenvalue weighted by atomic mass is 10.1. The summed E-state index contributed by atoms with van der Waals surface area (Å²) in [5.74, 6) is 0. The van der Waals surface area contributed by atoms with Gasteiger partial charge in [-0.05, 0) is 19.1 Å². The lowest BCUT2D eigenvalue weighted by Crippen LogP contribution is -2.37. The first kappa shape index (κ1) is 17.0. The number of ether oxygens (including phenoxy) is 3. The minimum Gasteiger partial charge on any atom is -0.376 e. The normalized spacial score (nSPS) is 29.0. The first-order valence-corrected chi connectivity index (χ1v) is 7.59. The summed E-state index contributed by atoms with van der Waals surface area (Å²) in [4.78, 5) is 14.2. The molecule has 7 nitrogen and oxygen atoms in total. The summed E-state index contributed by atoms with van der Waals surface area (Å²) in [5, 5.41) is 0. The van der Waals surface area contributed by atoms with Crippen LogP contribution in [0.15, 0.2) is 11.0 Å². The summed E-state index contributed by atoms with van der Waals surface area (Å²) >= 11 is 7.02. The second-order valence-corrected chi connectivity index (χ2v) is 5.73. The van der Waals surface area contributed by atoms with Gasteiger partial charge in [0.15, 0.2) is 11.0 Å². The Kier molecular flexibility index (Phi) is 5.91. The Morgan fingerprint density at radius 2 is 2.10 bits per heavy atom. The maximum atomic E-state index is 11.6. The van der Waals surface area contributed by atoms with E-state index in [1.807, 2.05) is 23.0 Å². The molecule has 1 aliphatic heterocycles. The van der Waals surface area contributed by atoms with Crippen molar-refractivity contribution < 1.29 is 17.3 Å². The Morgan fingerprint density at radius 1 is 1.43 bits per heavy atom. The first-order chi connectivity index (χ1) is 10.0. The molecular weight excluding hydrogens is 411 g/mol. The number of hydrogen-bond acceptors (Lipinski definition) is 6. The molecule has 0 spiro atoms. The van der Waals surface area contributed by atoms with E-state index in [1.165, 1.54) is 0 Å². The molecule has 0 radical (unpaired) electrons. The number of hydrogen-bond donors (Lipinski definition) is 1. The van der Waals surface area contributed by atoms with Crippen molar-refractivity contribution in [1.29, 1.82) is 0 Å². The van der Waals surface area contributed by atoms with Gasteiger partial charge in [-0.25, -0.2) is 0 Å². The zero-order valence-corrected chi connectivity index (χ0v) is 14.8. The maximum Gasteiger partial charge on any atom is 0.254 e. The Morgan fingerprint density at radius 3 is 2.67 bits per heavy atom. The fourth-order valence-electron chi connectivity index (χ4n) is 2.44. The number of halogens is 1. The molecule has 2 rings (SSSR count). The van der Waals surface area contributed by atoms with Crippen LogP contribution in [0.25, 0.3) is 0 Å². The molecule has 0 bridgehead atoms. The monoisotopic (exact) mass is 428 g/mol. The second kappa shape index (κ2) is 7.29. The largest absolute Gasteiger partial charge is 0.376 e. The van der Waals surface area contributed by atoms with Crippen LogP contribution in [0.2, 0.25) is 0 Å². The van der Waals surface area contributed by atoms with Gasteiger partial charge in [-0.2, -0.15) is 0 Å². The molecule has 4 atom stereocenters. The summed E-state index contributed by atoms with van der Waals surface area (Å²) in [6.45, 7) is 2.07. The lowest BCUT2D eigenvalue weighted by molar-refractivity contribution is -0.0575. The lowest BCUT2D eigenvalue weighted by Gasteiger charge is -2.23. The summed E-state index contributed by atoms with van der Waals surface area (Å²) in [5.41, 5.74) is 0.336. The number of aromatic nitrogens is 2. The summed E-state index contributed by atoms with van der Waals surface area (Å²) in [6.07, 6.45) is 0.251. The molecule has 21 heavy (non-hydrogen) atoms. The van der Waals surface area contributed by atoms with E-state index in [1.54, 1.807) is 31.9 Å². The first-order valence-electron chi connectivity index (χ1n) is 6.30. The zero-order valence-electron chi connectivity index (χ0n) is 11.9. The number of aryl methyl sites for hydroxylation is 1. The van der Waals surface area contributed by atoms with Crippen molar-refractivity contribution >= 4 is 35.2 Å². The number of rotatable bonds is 5. The summed E-state index contributed by atoms with van der Waals surface area (Å²) in [6, 6.07) is 0. The highest BCUT2D eigenvalue weighted by Gasteiger charge is 2.46. The highest BCUT2D eigenvalue weighted by atomic mass is 127. The van der Waals surface area contributed by atoms with E-state index in [9.17, 15) is 4.79 Å². The van der Waals surface area contributed by atoms with E-state index < -0.39 is 6.23 Å². The van der Waals surface area contributed by atoms with Crippen molar-refractivity contribution in [3.05, 3.63) is 26.9 Å². The van der Waals surface area contributed by atoms with Crippen LogP contribution in [-0.4, -0.2) is 48.7 Å². The van der Waals surface area contributed by atoms with Crippen LogP contribution in [0.5, 0.6) is 0 Å². The molecule has 2 heterocycles. The molecule has 9 heteroatoms. The highest BCUT2D eigenvalue weighted by Crippen LogP contribution is 2.33. The molecule has 1 fully saturated rings. The quantitative estimate of drug-likeness (QED) is 0.566. The van der Waals surface area contributed by atoms with E-state index in [0.29, 0.717) is 12.2 Å². The van der Waals surface area contributed by atoms with Crippen LogP contribution in [0.1, 0.15) is 11.8 Å². The fourth-order valence-corrected chi connectivity index (χ4v) is 3.04. The third kappa shape index (κ3) is 3.37. The van der Waals surface area contributed by atoms with Crippen molar-refractivity contribution in [2.24, 2.45) is 0 Å². The van der Waals surface area contributed by atoms with E-state index in [0.717, 1.165) is 0 Å². The van der Waals surface area contributed by atoms with Crippen LogP contribution in [-0.2, 0) is 17.3 Å². The van der Waals surface area contributed by atoms with Crippen LogP contribution >= 0.6 is 35.2 Å². The number of H-pyrrole nitrogens is 1. The number of nitrogens with one attached hydrogen (secondary N) is 1. The fraction of sp³-hybridized carbons (Fsp3) is 0.667.